The number of nitrogens with two attached hydrogens (primary N) is 1. The van der Waals surface area contributed by atoms with Gasteiger partial charge in [-0.2, -0.15) is 4.31 Å². The summed E-state index contributed by atoms with van der Waals surface area (Å²) in [4.78, 5) is -0.457. The molecule has 0 heterocycles. The molecule has 2 rings (SSSR count). The molecular weight excluding hydrogens is 283 g/mol. The molecule has 1 aliphatic rings. The minimum atomic E-state index is -4.00. The Kier molecular flexibility index (Phi) is 4.04. The maximum atomic E-state index is 13.7. The van der Waals surface area contributed by atoms with Crippen molar-refractivity contribution >= 4 is 15.7 Å². The van der Waals surface area contributed by atoms with Gasteiger partial charge < -0.3 is 10.8 Å². The minimum absolute atomic E-state index is 0.0381. The number of hydrogen-bond donors (Lipinski definition) is 2. The zero-order chi connectivity index (χ0) is 15.0. The van der Waals surface area contributed by atoms with Crippen molar-refractivity contribution in [3.63, 3.8) is 0 Å². The molecule has 1 aromatic rings. The van der Waals surface area contributed by atoms with Crippen molar-refractivity contribution in [1.82, 2.24) is 4.31 Å². The van der Waals surface area contributed by atoms with Crippen LogP contribution in [0, 0.1) is 5.82 Å². The van der Waals surface area contributed by atoms with Crippen molar-refractivity contribution < 1.29 is 17.9 Å². The second kappa shape index (κ2) is 5.31. The monoisotopic (exact) mass is 302 g/mol. The zero-order valence-corrected chi connectivity index (χ0v) is 12.2. The summed E-state index contributed by atoms with van der Waals surface area (Å²) in [5.74, 6) is -0.843. The van der Waals surface area contributed by atoms with Gasteiger partial charge >= 0.3 is 0 Å². The summed E-state index contributed by atoms with van der Waals surface area (Å²) >= 11 is 0. The summed E-state index contributed by atoms with van der Waals surface area (Å²) in [5, 5.41) is 10.3. The summed E-state index contributed by atoms with van der Waals surface area (Å²) in [7, 11) is -2.66. The van der Waals surface area contributed by atoms with Gasteiger partial charge in [0.2, 0.25) is 10.0 Å². The molecule has 0 saturated heterocycles. The molecule has 7 heteroatoms. The number of likely N-dealkylation sites (N-methyl/N-ethyl adjacent to an activating group) is 1. The molecule has 0 atom stereocenters. The molecule has 0 radical (unpaired) electrons. The largest absolute Gasteiger partial charge is 0.399 e. The molecule has 5 nitrogen and oxygen atoms in total. The van der Waals surface area contributed by atoms with E-state index in [2.05, 4.69) is 0 Å². The van der Waals surface area contributed by atoms with Crippen molar-refractivity contribution in [1.29, 1.82) is 0 Å². The molecule has 1 aliphatic carbocycles. The molecule has 0 aromatic heterocycles. The maximum Gasteiger partial charge on any atom is 0.245 e. The van der Waals surface area contributed by atoms with Gasteiger partial charge in [-0.3, -0.25) is 0 Å². The number of rotatable bonds is 4. The molecule has 3 N–H and O–H groups in total. The summed E-state index contributed by atoms with van der Waals surface area (Å²) in [6.07, 6.45) is 2.87. The van der Waals surface area contributed by atoms with Crippen LogP contribution in [0.3, 0.4) is 0 Å². The van der Waals surface area contributed by atoms with Gasteiger partial charge in [0.15, 0.2) is 0 Å². The van der Waals surface area contributed by atoms with Crippen molar-refractivity contribution in [2.45, 2.75) is 36.2 Å². The van der Waals surface area contributed by atoms with Crippen LogP contribution >= 0.6 is 0 Å². The van der Waals surface area contributed by atoms with E-state index < -0.39 is 26.3 Å². The van der Waals surface area contributed by atoms with Gasteiger partial charge in [0.25, 0.3) is 0 Å². The van der Waals surface area contributed by atoms with Crippen molar-refractivity contribution in [2.75, 3.05) is 19.3 Å². The molecule has 0 unspecified atom stereocenters. The first-order valence-electron chi connectivity index (χ1n) is 6.48. The fourth-order valence-corrected chi connectivity index (χ4v) is 3.92. The van der Waals surface area contributed by atoms with E-state index >= 15 is 0 Å². The topological polar surface area (TPSA) is 83.6 Å². The van der Waals surface area contributed by atoms with Gasteiger partial charge in [0.05, 0.1) is 5.60 Å². The van der Waals surface area contributed by atoms with E-state index in [1.165, 1.54) is 13.1 Å². The van der Waals surface area contributed by atoms with E-state index in [0.717, 1.165) is 29.3 Å². The Morgan fingerprint density at radius 2 is 2.00 bits per heavy atom. The SMILES string of the molecule is CN(CC1(O)CCCC1)S(=O)(=O)c1cc(N)ccc1F. The smallest absolute Gasteiger partial charge is 0.245 e. The Bertz CT molecular complexity index is 598. The van der Waals surface area contributed by atoms with E-state index in [-0.39, 0.29) is 12.2 Å². The van der Waals surface area contributed by atoms with Gasteiger partial charge in [-0.05, 0) is 31.0 Å². The van der Waals surface area contributed by atoms with Crippen molar-refractivity contribution in [2.24, 2.45) is 0 Å². The van der Waals surface area contributed by atoms with Crippen molar-refractivity contribution in [3.05, 3.63) is 24.0 Å². The Labute approximate surface area is 118 Å². The summed E-state index contributed by atoms with van der Waals surface area (Å²) < 4.78 is 39.4. The van der Waals surface area contributed by atoms with E-state index in [1.54, 1.807) is 0 Å². The number of anilines is 1. The van der Waals surface area contributed by atoms with Gasteiger partial charge in [-0.15, -0.1) is 0 Å². The number of nitrogens with zero attached hydrogens (tertiary/aromatic N) is 1. The average Bonchev–Trinajstić information content (AvgIpc) is 2.78. The lowest BCUT2D eigenvalue weighted by Gasteiger charge is -2.28. The second-order valence-corrected chi connectivity index (χ2v) is 7.40. The molecule has 1 saturated carbocycles. The summed E-state index contributed by atoms with van der Waals surface area (Å²) in [6.45, 7) is -0.0381. The van der Waals surface area contributed by atoms with Crippen LogP contribution in [0.25, 0.3) is 0 Å². The molecule has 0 spiro atoms. The molecule has 1 fully saturated rings. The highest BCUT2D eigenvalue weighted by molar-refractivity contribution is 7.89. The highest BCUT2D eigenvalue weighted by atomic mass is 32.2. The van der Waals surface area contributed by atoms with Gasteiger partial charge in [-0.1, -0.05) is 12.8 Å². The Morgan fingerprint density at radius 1 is 1.40 bits per heavy atom. The van der Waals surface area contributed by atoms with E-state index in [9.17, 15) is 17.9 Å². The standard InChI is InChI=1S/C13H19FN2O3S/c1-16(9-13(17)6-2-3-7-13)20(18,19)12-8-10(15)4-5-11(12)14/h4-5,8,17H,2-3,6-7,9,15H2,1H3. The van der Waals surface area contributed by atoms with Gasteiger partial charge in [0.1, 0.15) is 10.7 Å². The molecule has 1 aromatic carbocycles. The first-order valence-corrected chi connectivity index (χ1v) is 7.92. The molecule has 20 heavy (non-hydrogen) atoms. The molecule has 112 valence electrons. The molecule has 0 amide bonds. The average molecular weight is 302 g/mol. The summed E-state index contributed by atoms with van der Waals surface area (Å²) in [5.41, 5.74) is 4.68. The van der Waals surface area contributed by atoms with Crippen LogP contribution in [0.15, 0.2) is 23.1 Å². The molecule has 0 aliphatic heterocycles. The van der Waals surface area contributed by atoms with Crippen LogP contribution in [-0.4, -0.2) is 37.0 Å². The third-order valence-electron chi connectivity index (χ3n) is 3.69. The van der Waals surface area contributed by atoms with Crippen LogP contribution < -0.4 is 5.73 Å². The van der Waals surface area contributed by atoms with Crippen LogP contribution in [0.1, 0.15) is 25.7 Å². The number of benzene rings is 1. The Hall–Kier alpha value is -1.18. The maximum absolute atomic E-state index is 13.7. The number of aliphatic hydroxyl groups is 1. The first kappa shape index (κ1) is 15.2. The second-order valence-electron chi connectivity index (χ2n) is 5.38. The third-order valence-corrected chi connectivity index (χ3v) is 5.51. The number of nitrogen functional groups attached to an aromatic ring is 1. The van der Waals surface area contributed by atoms with Crippen LogP contribution in [0.5, 0.6) is 0 Å². The number of halogens is 1. The highest BCUT2D eigenvalue weighted by Crippen LogP contribution is 2.31. The van der Waals surface area contributed by atoms with Crippen molar-refractivity contribution in [3.8, 4) is 0 Å². The molecular formula is C13H19FN2O3S. The number of hydrogen-bond acceptors (Lipinski definition) is 4. The lowest BCUT2D eigenvalue weighted by atomic mass is 10.0. The van der Waals surface area contributed by atoms with Crippen LogP contribution in [0.4, 0.5) is 10.1 Å². The normalized spacial score (nSPS) is 18.6. The first-order chi connectivity index (χ1) is 9.24. The van der Waals surface area contributed by atoms with Gasteiger partial charge in [0, 0.05) is 19.3 Å². The predicted molar refractivity (Wildman–Crippen MR) is 74.0 cm³/mol. The minimum Gasteiger partial charge on any atom is -0.399 e. The fourth-order valence-electron chi connectivity index (χ4n) is 2.58. The Balaban J connectivity index is 2.27. The van der Waals surface area contributed by atoms with Crippen LogP contribution in [-0.2, 0) is 10.0 Å². The lowest BCUT2D eigenvalue weighted by molar-refractivity contribution is 0.0333. The van der Waals surface area contributed by atoms with E-state index in [4.69, 9.17) is 5.73 Å². The van der Waals surface area contributed by atoms with Gasteiger partial charge in [-0.25, -0.2) is 12.8 Å². The Morgan fingerprint density at radius 3 is 2.60 bits per heavy atom. The van der Waals surface area contributed by atoms with E-state index in [0.29, 0.717) is 12.8 Å². The highest BCUT2D eigenvalue weighted by Gasteiger charge is 2.36. The molecule has 0 bridgehead atoms. The van der Waals surface area contributed by atoms with Crippen LogP contribution in [0.2, 0.25) is 0 Å². The summed E-state index contributed by atoms with van der Waals surface area (Å²) in [6, 6.07) is 3.43. The zero-order valence-electron chi connectivity index (χ0n) is 11.3. The fraction of sp³-hybridized carbons (Fsp3) is 0.538. The third kappa shape index (κ3) is 2.94. The quantitative estimate of drug-likeness (QED) is 0.822. The van der Waals surface area contributed by atoms with E-state index in [1.807, 2.05) is 0 Å². The predicted octanol–water partition coefficient (Wildman–Crippen LogP) is 1.33. The lowest BCUT2D eigenvalue weighted by Crippen LogP contribution is -2.42. The number of sulfonamides is 1.